The second-order valence-corrected chi connectivity index (χ2v) is 10.5. The van der Waals surface area contributed by atoms with Gasteiger partial charge in [-0.15, -0.1) is 0 Å². The zero-order valence-electron chi connectivity index (χ0n) is 19.2. The Labute approximate surface area is 186 Å². The number of hydrogen-bond donors (Lipinski definition) is 0. The second-order valence-electron chi connectivity index (χ2n) is 10.1. The SMILES string of the molecule is CC(=O)O[C@H]1[C@@H](OC(=S)n2ccnc2)CC[C@]2(C)[C@@H]([C@H](C)CCCC(C)C)CC[C@@H]12. The minimum Gasteiger partial charge on any atom is -0.463 e. The lowest BCUT2D eigenvalue weighted by Crippen LogP contribution is -2.51. The molecule has 3 rings (SSSR count). The molecule has 2 aliphatic carbocycles. The highest BCUT2D eigenvalue weighted by Gasteiger charge is 2.57. The van der Waals surface area contributed by atoms with E-state index in [1.165, 1.54) is 32.6 Å². The van der Waals surface area contributed by atoms with Crippen molar-refractivity contribution in [1.82, 2.24) is 9.55 Å². The Bertz CT molecular complexity index is 720. The number of esters is 1. The number of carbonyl (C=O) groups is 1. The molecule has 2 fully saturated rings. The molecular weight excluding hydrogens is 396 g/mol. The smallest absolute Gasteiger partial charge is 0.303 e. The number of hydrogen-bond acceptors (Lipinski definition) is 5. The van der Waals surface area contributed by atoms with Crippen LogP contribution in [0.1, 0.15) is 79.6 Å². The van der Waals surface area contributed by atoms with Gasteiger partial charge in [0.2, 0.25) is 0 Å². The summed E-state index contributed by atoms with van der Waals surface area (Å²) in [7, 11) is 0. The van der Waals surface area contributed by atoms with E-state index in [0.717, 1.165) is 25.2 Å². The molecular formula is C24H38N2O3S. The van der Waals surface area contributed by atoms with Crippen molar-refractivity contribution in [2.75, 3.05) is 0 Å². The number of thiocarbonyl (C=S) groups is 1. The van der Waals surface area contributed by atoms with Crippen molar-refractivity contribution < 1.29 is 14.3 Å². The number of aromatic nitrogens is 2. The lowest BCUT2D eigenvalue weighted by molar-refractivity contribution is -0.168. The van der Waals surface area contributed by atoms with Gasteiger partial charge in [-0.25, -0.2) is 4.98 Å². The Hall–Kier alpha value is -1.43. The monoisotopic (exact) mass is 434 g/mol. The number of ether oxygens (including phenoxy) is 2. The number of fused-ring (bicyclic) bond motifs is 1. The van der Waals surface area contributed by atoms with Gasteiger partial charge in [-0.2, -0.15) is 0 Å². The van der Waals surface area contributed by atoms with Crippen molar-refractivity contribution >= 4 is 23.4 Å². The third-order valence-corrected chi connectivity index (χ3v) is 7.92. The van der Waals surface area contributed by atoms with Gasteiger partial charge < -0.3 is 9.47 Å². The Balaban J connectivity index is 1.72. The van der Waals surface area contributed by atoms with E-state index in [1.807, 2.05) is 0 Å². The molecule has 168 valence electrons. The van der Waals surface area contributed by atoms with E-state index in [-0.39, 0.29) is 23.6 Å². The minimum atomic E-state index is -0.240. The predicted octanol–water partition coefficient (Wildman–Crippen LogP) is 5.62. The largest absolute Gasteiger partial charge is 0.463 e. The van der Waals surface area contributed by atoms with Crippen molar-refractivity contribution in [2.45, 2.75) is 91.8 Å². The molecule has 1 heterocycles. The van der Waals surface area contributed by atoms with Crippen molar-refractivity contribution in [3.63, 3.8) is 0 Å². The molecule has 0 amide bonds. The lowest BCUT2D eigenvalue weighted by atomic mass is 9.60. The van der Waals surface area contributed by atoms with Gasteiger partial charge in [0.1, 0.15) is 18.5 Å². The van der Waals surface area contributed by atoms with Crippen molar-refractivity contribution in [3.05, 3.63) is 18.7 Å². The minimum absolute atomic E-state index is 0.188. The van der Waals surface area contributed by atoms with Crippen LogP contribution in [0, 0.1) is 29.1 Å². The molecule has 2 saturated carbocycles. The summed E-state index contributed by atoms with van der Waals surface area (Å²) >= 11 is 5.46. The molecule has 2 aliphatic rings. The molecule has 1 aromatic heterocycles. The summed E-state index contributed by atoms with van der Waals surface area (Å²) in [6.07, 6.45) is 12.8. The third kappa shape index (κ3) is 5.06. The highest BCUT2D eigenvalue weighted by atomic mass is 32.1. The third-order valence-electron chi connectivity index (χ3n) is 7.61. The average Bonchev–Trinajstić information content (AvgIpc) is 3.31. The van der Waals surface area contributed by atoms with Gasteiger partial charge in [0.25, 0.3) is 5.17 Å². The van der Waals surface area contributed by atoms with Gasteiger partial charge in [0.15, 0.2) is 0 Å². The Kier molecular flexibility index (Phi) is 7.59. The first-order valence-electron chi connectivity index (χ1n) is 11.6. The summed E-state index contributed by atoms with van der Waals surface area (Å²) in [5, 5.41) is 0.370. The number of imidazole rings is 1. The molecule has 0 unspecified atom stereocenters. The van der Waals surface area contributed by atoms with Crippen LogP contribution in [-0.4, -0.2) is 32.9 Å². The van der Waals surface area contributed by atoms with Crippen molar-refractivity contribution in [2.24, 2.45) is 29.1 Å². The van der Waals surface area contributed by atoms with Gasteiger partial charge >= 0.3 is 5.97 Å². The first kappa shape index (κ1) is 23.2. The fourth-order valence-electron chi connectivity index (χ4n) is 6.10. The Morgan fingerprint density at radius 3 is 2.63 bits per heavy atom. The van der Waals surface area contributed by atoms with Crippen LogP contribution >= 0.6 is 12.2 Å². The average molecular weight is 435 g/mol. The van der Waals surface area contributed by atoms with Crippen molar-refractivity contribution in [3.8, 4) is 0 Å². The second kappa shape index (κ2) is 9.80. The standard InChI is InChI=1S/C24H38N2O3S/c1-16(2)7-6-8-17(3)19-9-10-20-22(28-18(4)27)21(11-12-24(19,20)5)29-23(30)26-14-13-25-15-26/h13-17,19-22H,6-12H2,1-5H3/t17-,19-,20+,21+,22-,24-/m1/s1. The van der Waals surface area contributed by atoms with Crippen LogP contribution in [0.5, 0.6) is 0 Å². The van der Waals surface area contributed by atoms with E-state index >= 15 is 0 Å². The normalized spacial score (nSPS) is 31.9. The van der Waals surface area contributed by atoms with E-state index in [2.05, 4.69) is 32.7 Å². The van der Waals surface area contributed by atoms with E-state index in [1.54, 1.807) is 23.3 Å². The van der Waals surface area contributed by atoms with Crippen LogP contribution in [0.25, 0.3) is 0 Å². The molecule has 1 aromatic rings. The first-order chi connectivity index (χ1) is 14.2. The molecule has 30 heavy (non-hydrogen) atoms. The molecule has 0 aliphatic heterocycles. The fourth-order valence-corrected chi connectivity index (χ4v) is 6.33. The maximum atomic E-state index is 12.0. The summed E-state index contributed by atoms with van der Waals surface area (Å²) in [5.41, 5.74) is 0.188. The van der Waals surface area contributed by atoms with Crippen LogP contribution in [0.4, 0.5) is 0 Å². The van der Waals surface area contributed by atoms with E-state index in [4.69, 9.17) is 21.7 Å². The molecule has 6 atom stereocenters. The number of nitrogens with zero attached hydrogens (tertiary/aromatic N) is 2. The van der Waals surface area contributed by atoms with E-state index in [0.29, 0.717) is 22.9 Å². The Morgan fingerprint density at radius 1 is 1.23 bits per heavy atom. The maximum Gasteiger partial charge on any atom is 0.303 e. The van der Waals surface area contributed by atoms with Crippen LogP contribution in [-0.2, 0) is 14.3 Å². The van der Waals surface area contributed by atoms with Crippen LogP contribution in [0.15, 0.2) is 18.7 Å². The summed E-state index contributed by atoms with van der Waals surface area (Å²) in [5.74, 6) is 2.22. The zero-order valence-corrected chi connectivity index (χ0v) is 20.0. The molecule has 0 saturated heterocycles. The fraction of sp³-hybridized carbons (Fsp3) is 0.792. The topological polar surface area (TPSA) is 53.4 Å². The maximum absolute atomic E-state index is 12.0. The molecule has 0 radical (unpaired) electrons. The molecule has 0 N–H and O–H groups in total. The number of carbonyl (C=O) groups excluding carboxylic acids is 1. The van der Waals surface area contributed by atoms with Crippen LogP contribution in [0.3, 0.4) is 0 Å². The Morgan fingerprint density at radius 2 is 2.00 bits per heavy atom. The summed E-state index contributed by atoms with van der Waals surface area (Å²) < 4.78 is 13.8. The van der Waals surface area contributed by atoms with Gasteiger partial charge in [0.05, 0.1) is 0 Å². The quantitative estimate of drug-likeness (QED) is 0.412. The molecule has 6 heteroatoms. The van der Waals surface area contributed by atoms with E-state index < -0.39 is 0 Å². The summed E-state index contributed by atoms with van der Waals surface area (Å²) in [6.45, 7) is 11.0. The van der Waals surface area contributed by atoms with Crippen LogP contribution in [0.2, 0.25) is 0 Å². The van der Waals surface area contributed by atoms with Gasteiger partial charge in [-0.1, -0.05) is 47.0 Å². The first-order valence-corrected chi connectivity index (χ1v) is 12.0. The highest BCUT2D eigenvalue weighted by Crippen LogP contribution is 2.59. The molecule has 0 bridgehead atoms. The van der Waals surface area contributed by atoms with Crippen molar-refractivity contribution in [1.29, 1.82) is 0 Å². The summed E-state index contributed by atoms with van der Waals surface area (Å²) in [4.78, 5) is 16.0. The number of rotatable bonds is 7. The van der Waals surface area contributed by atoms with Crippen LogP contribution < -0.4 is 0 Å². The molecule has 0 aromatic carbocycles. The molecule has 0 spiro atoms. The highest BCUT2D eigenvalue weighted by molar-refractivity contribution is 7.80. The van der Waals surface area contributed by atoms with Gasteiger partial charge in [0, 0.05) is 25.2 Å². The predicted molar refractivity (Wildman–Crippen MR) is 122 cm³/mol. The van der Waals surface area contributed by atoms with E-state index in [9.17, 15) is 4.79 Å². The lowest BCUT2D eigenvalue weighted by Gasteiger charge is -2.48. The van der Waals surface area contributed by atoms with Gasteiger partial charge in [-0.3, -0.25) is 9.36 Å². The molecule has 5 nitrogen and oxygen atoms in total. The zero-order chi connectivity index (χ0) is 21.9. The summed E-state index contributed by atoms with van der Waals surface area (Å²) in [6, 6.07) is 0. The van der Waals surface area contributed by atoms with Gasteiger partial charge in [-0.05, 0) is 61.1 Å².